The summed E-state index contributed by atoms with van der Waals surface area (Å²) in [6.45, 7) is 17.8. The molecule has 2 N–H and O–H groups in total. The van der Waals surface area contributed by atoms with Crippen LogP contribution in [0.15, 0.2) is 18.3 Å². The normalized spacial score (nSPS) is 19.6. The number of rotatable bonds is 4. The average Bonchev–Trinajstić information content (AvgIpc) is 2.65. The molecule has 1 saturated carbocycles. The minimum absolute atomic E-state index is 0.244. The molecule has 6 nitrogen and oxygen atoms in total. The zero-order chi connectivity index (χ0) is 24.2. The standard InChI is InChI=1S/C25H41N3O3Si/c1-24(2,3)31-23(29)27-21-15-16-28(26)22(17-21)14-13-19-9-11-20(12-10-19)18-30-32(7,8)25(4,5)6/h15-17,19-20,26H,9-12,18H2,1-8H3,(H,27,29). The summed E-state index contributed by atoms with van der Waals surface area (Å²) < 4.78 is 12.9. The number of carbonyl (C=O) groups is 1. The third-order valence-corrected chi connectivity index (χ3v) is 10.8. The lowest BCUT2D eigenvalue weighted by Gasteiger charge is -2.38. The van der Waals surface area contributed by atoms with E-state index in [1.807, 2.05) is 20.8 Å². The predicted molar refractivity (Wildman–Crippen MR) is 132 cm³/mol. The Morgan fingerprint density at radius 2 is 1.81 bits per heavy atom. The molecule has 0 atom stereocenters. The van der Waals surface area contributed by atoms with E-state index in [0.717, 1.165) is 32.3 Å². The van der Waals surface area contributed by atoms with Gasteiger partial charge in [0, 0.05) is 30.6 Å². The maximum Gasteiger partial charge on any atom is 0.412 e. The van der Waals surface area contributed by atoms with Gasteiger partial charge in [0.1, 0.15) is 5.60 Å². The first kappa shape index (κ1) is 26.2. The molecule has 1 aliphatic rings. The van der Waals surface area contributed by atoms with Gasteiger partial charge < -0.3 is 15.0 Å². The average molecular weight is 460 g/mol. The van der Waals surface area contributed by atoms with E-state index in [2.05, 4.69) is 51.0 Å². The second-order valence-corrected chi connectivity index (χ2v) is 16.2. The fourth-order valence-corrected chi connectivity index (χ4v) is 4.37. The van der Waals surface area contributed by atoms with Crippen molar-refractivity contribution in [3.63, 3.8) is 0 Å². The third kappa shape index (κ3) is 8.14. The Labute approximate surface area is 195 Å². The summed E-state index contributed by atoms with van der Waals surface area (Å²) in [7, 11) is -1.69. The highest BCUT2D eigenvalue weighted by Crippen LogP contribution is 2.38. The minimum Gasteiger partial charge on any atom is -0.448 e. The number of amides is 1. The van der Waals surface area contributed by atoms with E-state index in [1.54, 1.807) is 18.3 Å². The van der Waals surface area contributed by atoms with E-state index in [-0.39, 0.29) is 5.04 Å². The fraction of sp³-hybridized carbons (Fsp3) is 0.680. The van der Waals surface area contributed by atoms with Crippen molar-refractivity contribution >= 4 is 20.1 Å². The van der Waals surface area contributed by atoms with Crippen LogP contribution < -0.4 is 9.99 Å². The van der Waals surface area contributed by atoms with Gasteiger partial charge >= 0.3 is 6.09 Å². The van der Waals surface area contributed by atoms with Gasteiger partial charge in [-0.2, -0.15) is 0 Å². The molecule has 2 rings (SSSR count). The molecular formula is C25H41N3O3Si. The van der Waals surface area contributed by atoms with E-state index in [4.69, 9.17) is 15.0 Å². The molecule has 0 unspecified atom stereocenters. The van der Waals surface area contributed by atoms with E-state index in [0.29, 0.717) is 23.2 Å². The number of ether oxygens (including phenoxy) is 1. The summed E-state index contributed by atoms with van der Waals surface area (Å²) in [5, 5.41) is 2.95. The molecule has 32 heavy (non-hydrogen) atoms. The molecule has 0 bridgehead atoms. The van der Waals surface area contributed by atoms with Gasteiger partial charge in [-0.05, 0) is 70.5 Å². The molecule has 7 heteroatoms. The van der Waals surface area contributed by atoms with Gasteiger partial charge in [0.05, 0.1) is 5.69 Å². The zero-order valence-corrected chi connectivity index (χ0v) is 22.1. The molecule has 1 fully saturated rings. The highest BCUT2D eigenvalue weighted by Gasteiger charge is 2.37. The van der Waals surface area contributed by atoms with Crippen molar-refractivity contribution in [1.29, 1.82) is 0 Å². The van der Waals surface area contributed by atoms with Gasteiger partial charge in [0.2, 0.25) is 0 Å². The van der Waals surface area contributed by atoms with Crippen LogP contribution in [0.5, 0.6) is 0 Å². The van der Waals surface area contributed by atoms with Gasteiger partial charge in [-0.25, -0.2) is 9.47 Å². The Hall–Kier alpha value is -2.04. The van der Waals surface area contributed by atoms with Gasteiger partial charge in [-0.1, -0.05) is 26.7 Å². The maximum absolute atomic E-state index is 12.0. The van der Waals surface area contributed by atoms with Crippen LogP contribution in [0.2, 0.25) is 18.1 Å². The number of hydrogen-bond acceptors (Lipinski definition) is 3. The molecule has 0 aromatic carbocycles. The first-order valence-corrected chi connectivity index (χ1v) is 14.5. The Morgan fingerprint density at radius 1 is 1.19 bits per heavy atom. The van der Waals surface area contributed by atoms with Crippen molar-refractivity contribution in [1.82, 2.24) is 0 Å². The summed E-state index contributed by atoms with van der Waals surface area (Å²) in [5.74, 6) is 15.5. The van der Waals surface area contributed by atoms with Crippen molar-refractivity contribution in [3.8, 4) is 11.8 Å². The van der Waals surface area contributed by atoms with E-state index in [9.17, 15) is 4.79 Å². The second kappa shape index (κ2) is 10.3. The highest BCUT2D eigenvalue weighted by molar-refractivity contribution is 6.74. The van der Waals surface area contributed by atoms with Crippen molar-refractivity contribution in [3.05, 3.63) is 29.9 Å². The van der Waals surface area contributed by atoms with Crippen molar-refractivity contribution in [2.45, 2.75) is 91.0 Å². The van der Waals surface area contributed by atoms with Crippen LogP contribution in [-0.2, 0) is 9.16 Å². The molecule has 1 amide bonds. The monoisotopic (exact) mass is 459 g/mol. The largest absolute Gasteiger partial charge is 0.448 e. The molecule has 0 spiro atoms. The van der Waals surface area contributed by atoms with Crippen molar-refractivity contribution in [2.75, 3.05) is 11.9 Å². The number of carbonyl (C=O) groups excluding carboxylic acids is 1. The quantitative estimate of drug-likeness (QED) is 0.325. The summed E-state index contributed by atoms with van der Waals surface area (Å²) in [6.07, 6.45) is 5.45. The first-order chi connectivity index (χ1) is 14.7. The smallest absolute Gasteiger partial charge is 0.412 e. The van der Waals surface area contributed by atoms with Crippen molar-refractivity contribution in [2.24, 2.45) is 11.8 Å². The van der Waals surface area contributed by atoms with Crippen molar-refractivity contribution < 1.29 is 18.6 Å². The Bertz CT molecular complexity index is 852. The topological polar surface area (TPSA) is 75.2 Å². The van der Waals surface area contributed by atoms with Gasteiger partial charge in [0.15, 0.2) is 14.5 Å². The molecule has 0 aliphatic heterocycles. The maximum atomic E-state index is 12.0. The van der Waals surface area contributed by atoms with Crippen LogP contribution in [0.3, 0.4) is 0 Å². The molecule has 1 aliphatic carbocycles. The van der Waals surface area contributed by atoms with Crippen LogP contribution in [-0.4, -0.2) is 26.6 Å². The van der Waals surface area contributed by atoms with E-state index in [1.165, 1.54) is 4.68 Å². The molecule has 1 aromatic rings. The van der Waals surface area contributed by atoms with Crippen LogP contribution in [0.4, 0.5) is 10.5 Å². The summed E-state index contributed by atoms with van der Waals surface area (Å²) in [5.41, 5.74) is 0.547. The van der Waals surface area contributed by atoms with Crippen LogP contribution in [0.1, 0.15) is 72.9 Å². The molecular weight excluding hydrogens is 418 g/mol. The summed E-state index contributed by atoms with van der Waals surface area (Å²) in [4.78, 5) is 12.0. The SMILES string of the molecule is CC(C)(C)OC(=O)Nc1cc[n+]([NH-])c(C#CC2CCC(CO[Si](C)(C)C(C)(C)C)CC2)c1. The second-order valence-electron chi connectivity index (χ2n) is 11.4. The minimum atomic E-state index is -1.69. The van der Waals surface area contributed by atoms with E-state index >= 15 is 0 Å². The number of nitrogens with zero attached hydrogens (tertiary/aromatic N) is 1. The number of pyridine rings is 1. The van der Waals surface area contributed by atoms with Crippen LogP contribution >= 0.6 is 0 Å². The third-order valence-electron chi connectivity index (χ3n) is 6.34. The molecule has 0 saturated heterocycles. The van der Waals surface area contributed by atoms with Crippen LogP contribution in [0.25, 0.3) is 5.84 Å². The lowest BCUT2D eigenvalue weighted by Crippen LogP contribution is -2.42. The number of anilines is 1. The zero-order valence-electron chi connectivity index (χ0n) is 21.1. The first-order valence-electron chi connectivity index (χ1n) is 11.6. The Morgan fingerprint density at radius 3 is 2.38 bits per heavy atom. The van der Waals surface area contributed by atoms with Crippen LogP contribution in [0, 0.1) is 23.7 Å². The molecule has 0 radical (unpaired) electrons. The molecule has 178 valence electrons. The number of aromatic nitrogens is 1. The Kier molecular flexibility index (Phi) is 8.41. The highest BCUT2D eigenvalue weighted by atomic mass is 28.4. The predicted octanol–water partition coefficient (Wildman–Crippen LogP) is 6.32. The molecule has 1 heterocycles. The number of nitrogens with one attached hydrogen (secondary N) is 2. The number of hydrogen-bond donors (Lipinski definition) is 1. The summed E-state index contributed by atoms with van der Waals surface area (Å²) >= 11 is 0. The lowest BCUT2D eigenvalue weighted by atomic mass is 9.83. The fourth-order valence-electron chi connectivity index (χ4n) is 3.29. The van der Waals surface area contributed by atoms with E-state index < -0.39 is 20.0 Å². The van der Waals surface area contributed by atoms with Gasteiger partial charge in [-0.3, -0.25) is 5.32 Å². The lowest BCUT2D eigenvalue weighted by molar-refractivity contribution is -0.608. The Balaban J connectivity index is 1.91. The summed E-state index contributed by atoms with van der Waals surface area (Å²) in [6, 6.07) is 3.37. The molecule has 1 aromatic heterocycles. The van der Waals surface area contributed by atoms with Gasteiger partial charge in [0.25, 0.3) is 5.69 Å². The van der Waals surface area contributed by atoms with Gasteiger partial charge in [-0.15, -0.1) is 0 Å².